The third-order valence-electron chi connectivity index (χ3n) is 5.07. The summed E-state index contributed by atoms with van der Waals surface area (Å²) in [7, 11) is 0. The molecule has 2 aromatic carbocycles. The number of unbranched alkanes of at least 4 members (excludes halogenated alkanes) is 1. The van der Waals surface area contributed by atoms with Gasteiger partial charge in [0, 0.05) is 17.3 Å². The molecule has 0 saturated heterocycles. The van der Waals surface area contributed by atoms with Gasteiger partial charge in [0.1, 0.15) is 10.9 Å². The van der Waals surface area contributed by atoms with Crippen molar-refractivity contribution in [3.63, 3.8) is 0 Å². The van der Waals surface area contributed by atoms with Crippen LogP contribution >= 0.6 is 11.6 Å². The molecule has 0 atom stereocenters. The van der Waals surface area contributed by atoms with Gasteiger partial charge in [0.05, 0.1) is 17.4 Å². The second kappa shape index (κ2) is 6.97. The Morgan fingerprint density at radius 3 is 2.41 bits per heavy atom. The Morgan fingerprint density at radius 1 is 0.966 bits per heavy atom. The number of para-hydroxylation sites is 2. The van der Waals surface area contributed by atoms with Gasteiger partial charge in [0.25, 0.3) is 5.56 Å². The maximum absolute atomic E-state index is 13.3. The second-order valence-electron chi connectivity index (χ2n) is 6.99. The Kier molecular flexibility index (Phi) is 4.28. The van der Waals surface area contributed by atoms with Crippen LogP contribution < -0.4 is 5.56 Å². The van der Waals surface area contributed by atoms with Gasteiger partial charge in [-0.25, -0.2) is 15.0 Å². The van der Waals surface area contributed by atoms with E-state index in [4.69, 9.17) is 21.6 Å². The van der Waals surface area contributed by atoms with Gasteiger partial charge in [-0.2, -0.15) is 0 Å². The lowest BCUT2D eigenvalue weighted by Crippen LogP contribution is -2.20. The SMILES string of the molecule is CCCCn1cnc2c(c1=O)c1nc3ccccc3nc1n2-c1ccc(Cl)cc1. The largest absolute Gasteiger partial charge is 0.299 e. The maximum atomic E-state index is 13.3. The molecule has 0 aliphatic rings. The lowest BCUT2D eigenvalue weighted by atomic mass is 10.3. The Balaban J connectivity index is 1.93. The maximum Gasteiger partial charge on any atom is 0.265 e. The minimum Gasteiger partial charge on any atom is -0.299 e. The minimum atomic E-state index is -0.0919. The zero-order chi connectivity index (χ0) is 20.0. The number of hydrogen-bond donors (Lipinski definition) is 0. The van der Waals surface area contributed by atoms with Crippen molar-refractivity contribution in [1.82, 2.24) is 24.1 Å². The highest BCUT2D eigenvalue weighted by Gasteiger charge is 2.20. The predicted molar refractivity (Wildman–Crippen MR) is 116 cm³/mol. The summed E-state index contributed by atoms with van der Waals surface area (Å²) < 4.78 is 3.54. The lowest BCUT2D eigenvalue weighted by Gasteiger charge is -2.07. The van der Waals surface area contributed by atoms with Crippen LogP contribution in [-0.2, 0) is 6.54 Å². The van der Waals surface area contributed by atoms with Gasteiger partial charge in [0.15, 0.2) is 11.3 Å². The summed E-state index contributed by atoms with van der Waals surface area (Å²) in [5.74, 6) is 0. The van der Waals surface area contributed by atoms with E-state index in [0.717, 1.165) is 29.6 Å². The van der Waals surface area contributed by atoms with Crippen molar-refractivity contribution in [3.05, 3.63) is 70.2 Å². The molecule has 5 rings (SSSR count). The third kappa shape index (κ3) is 2.87. The quantitative estimate of drug-likeness (QED) is 0.435. The first-order valence-corrected chi connectivity index (χ1v) is 9.97. The summed E-state index contributed by atoms with van der Waals surface area (Å²) in [4.78, 5) is 27.6. The van der Waals surface area contributed by atoms with E-state index in [0.29, 0.717) is 33.8 Å². The van der Waals surface area contributed by atoms with Gasteiger partial charge >= 0.3 is 0 Å². The molecule has 0 unspecified atom stereocenters. The summed E-state index contributed by atoms with van der Waals surface area (Å²) in [5, 5.41) is 1.13. The molecule has 0 N–H and O–H groups in total. The average Bonchev–Trinajstić information content (AvgIpc) is 3.06. The Bertz CT molecular complexity index is 1420. The second-order valence-corrected chi connectivity index (χ2v) is 7.43. The summed E-state index contributed by atoms with van der Waals surface area (Å²) in [6.07, 6.45) is 3.53. The molecular formula is C22H18ClN5O. The van der Waals surface area contributed by atoms with Gasteiger partial charge in [0.2, 0.25) is 0 Å². The van der Waals surface area contributed by atoms with Crippen LogP contribution in [0.3, 0.4) is 0 Å². The molecule has 0 aliphatic heterocycles. The van der Waals surface area contributed by atoms with Crippen LogP contribution in [0.25, 0.3) is 38.9 Å². The molecule has 0 amide bonds. The van der Waals surface area contributed by atoms with E-state index in [-0.39, 0.29) is 5.56 Å². The van der Waals surface area contributed by atoms with Crippen LogP contribution in [0.4, 0.5) is 0 Å². The van der Waals surface area contributed by atoms with E-state index in [1.54, 1.807) is 10.9 Å². The molecule has 0 radical (unpaired) electrons. The molecule has 3 heterocycles. The van der Waals surface area contributed by atoms with Crippen LogP contribution in [0.15, 0.2) is 59.7 Å². The van der Waals surface area contributed by atoms with Gasteiger partial charge < -0.3 is 0 Å². The molecule has 0 spiro atoms. The van der Waals surface area contributed by atoms with Crippen molar-refractivity contribution >= 4 is 44.8 Å². The molecule has 0 fully saturated rings. The zero-order valence-corrected chi connectivity index (χ0v) is 16.6. The minimum absolute atomic E-state index is 0.0919. The number of hydrogen-bond acceptors (Lipinski definition) is 4. The number of nitrogens with zero attached hydrogens (tertiary/aromatic N) is 5. The topological polar surface area (TPSA) is 65.6 Å². The van der Waals surface area contributed by atoms with Crippen molar-refractivity contribution < 1.29 is 0 Å². The van der Waals surface area contributed by atoms with Crippen molar-refractivity contribution in [2.45, 2.75) is 26.3 Å². The van der Waals surface area contributed by atoms with Crippen molar-refractivity contribution in [2.24, 2.45) is 0 Å². The van der Waals surface area contributed by atoms with E-state index in [1.807, 2.05) is 53.1 Å². The van der Waals surface area contributed by atoms with Crippen molar-refractivity contribution in [2.75, 3.05) is 0 Å². The fourth-order valence-corrected chi connectivity index (χ4v) is 3.72. The summed E-state index contributed by atoms with van der Waals surface area (Å²) in [5.41, 5.74) is 3.98. The van der Waals surface area contributed by atoms with E-state index < -0.39 is 0 Å². The molecule has 29 heavy (non-hydrogen) atoms. The van der Waals surface area contributed by atoms with Crippen molar-refractivity contribution in [3.8, 4) is 5.69 Å². The summed E-state index contributed by atoms with van der Waals surface area (Å²) in [6, 6.07) is 15.1. The number of halogens is 1. The fraction of sp³-hybridized carbons (Fsp3) is 0.182. The average molecular weight is 404 g/mol. The fourth-order valence-electron chi connectivity index (χ4n) is 3.59. The van der Waals surface area contributed by atoms with Crippen LogP contribution in [0.2, 0.25) is 5.02 Å². The Morgan fingerprint density at radius 2 is 1.69 bits per heavy atom. The van der Waals surface area contributed by atoms with E-state index in [1.165, 1.54) is 0 Å². The van der Waals surface area contributed by atoms with Gasteiger partial charge in [-0.15, -0.1) is 0 Å². The van der Waals surface area contributed by atoms with E-state index in [2.05, 4.69) is 11.9 Å². The van der Waals surface area contributed by atoms with Gasteiger partial charge in [-0.3, -0.25) is 13.9 Å². The lowest BCUT2D eigenvalue weighted by molar-refractivity contribution is 0.608. The van der Waals surface area contributed by atoms with Crippen LogP contribution in [0.5, 0.6) is 0 Å². The number of benzene rings is 2. The molecule has 6 nitrogen and oxygen atoms in total. The van der Waals surface area contributed by atoms with E-state index >= 15 is 0 Å². The normalized spacial score (nSPS) is 11.7. The molecule has 3 aromatic heterocycles. The third-order valence-corrected chi connectivity index (χ3v) is 5.32. The van der Waals surface area contributed by atoms with E-state index in [9.17, 15) is 4.79 Å². The smallest absolute Gasteiger partial charge is 0.265 e. The first-order valence-electron chi connectivity index (χ1n) is 9.59. The number of aryl methyl sites for hydroxylation is 1. The first-order chi connectivity index (χ1) is 14.2. The van der Waals surface area contributed by atoms with Gasteiger partial charge in [-0.05, 0) is 42.8 Å². The highest BCUT2D eigenvalue weighted by Crippen LogP contribution is 2.28. The van der Waals surface area contributed by atoms with Crippen LogP contribution in [0.1, 0.15) is 19.8 Å². The molecular weight excluding hydrogens is 386 g/mol. The standard InChI is InChI=1S/C22H18ClN5O/c1-2-3-12-27-13-24-20-18(22(27)29)19-21(26-17-7-5-4-6-16(17)25-19)28(20)15-10-8-14(23)9-11-15/h4-11,13H,2-3,12H2,1H3. The number of fused-ring (bicyclic) bond motifs is 4. The van der Waals surface area contributed by atoms with Gasteiger partial charge in [-0.1, -0.05) is 37.1 Å². The number of rotatable bonds is 4. The molecule has 0 aliphatic carbocycles. The molecule has 5 aromatic rings. The molecule has 7 heteroatoms. The molecule has 0 saturated carbocycles. The highest BCUT2D eigenvalue weighted by molar-refractivity contribution is 6.30. The Hall–Kier alpha value is -3.25. The Labute approximate surface area is 171 Å². The van der Waals surface area contributed by atoms with Crippen LogP contribution in [-0.4, -0.2) is 24.1 Å². The predicted octanol–water partition coefficient (Wildman–Crippen LogP) is 4.74. The zero-order valence-electron chi connectivity index (χ0n) is 15.8. The first kappa shape index (κ1) is 17.8. The molecule has 144 valence electrons. The van der Waals surface area contributed by atoms with Crippen molar-refractivity contribution in [1.29, 1.82) is 0 Å². The number of aromatic nitrogens is 5. The monoisotopic (exact) mass is 403 g/mol. The summed E-state index contributed by atoms with van der Waals surface area (Å²) >= 11 is 6.08. The van der Waals surface area contributed by atoms with Crippen LogP contribution in [0, 0.1) is 0 Å². The summed E-state index contributed by atoms with van der Waals surface area (Å²) in [6.45, 7) is 2.73. The highest BCUT2D eigenvalue weighted by atomic mass is 35.5. The molecule has 0 bridgehead atoms.